The summed E-state index contributed by atoms with van der Waals surface area (Å²) in [4.78, 5) is 12.1. The van der Waals surface area contributed by atoms with Crippen LogP contribution in [0.2, 0.25) is 5.02 Å². The van der Waals surface area contributed by atoms with Crippen molar-refractivity contribution in [3.8, 4) is 11.5 Å². The van der Waals surface area contributed by atoms with Gasteiger partial charge in [0.15, 0.2) is 11.5 Å². The fourth-order valence-corrected chi connectivity index (χ4v) is 3.28. The maximum Gasteiger partial charge on any atom is 0.267 e. The van der Waals surface area contributed by atoms with Crippen LogP contribution in [0.4, 0.5) is 0 Å². The van der Waals surface area contributed by atoms with Gasteiger partial charge in [-0.25, -0.2) is 0 Å². The van der Waals surface area contributed by atoms with Gasteiger partial charge in [-0.15, -0.1) is 0 Å². The van der Waals surface area contributed by atoms with Crippen molar-refractivity contribution in [3.05, 3.63) is 45.1 Å². The van der Waals surface area contributed by atoms with Crippen LogP contribution in [-0.2, 0) is 13.5 Å². The number of amides is 1. The molecule has 1 amide bonds. The Morgan fingerprint density at radius 3 is 2.87 bits per heavy atom. The maximum absolute atomic E-state index is 12.1. The third-order valence-electron chi connectivity index (χ3n) is 3.56. The molecule has 3 rings (SSSR count). The highest BCUT2D eigenvalue weighted by atomic mass is 79.9. The predicted octanol–water partition coefficient (Wildman–Crippen LogP) is 3.18. The number of halogens is 2. The molecule has 1 N–H and O–H groups in total. The Balaban J connectivity index is 1.61. The summed E-state index contributed by atoms with van der Waals surface area (Å²) in [5, 5.41) is 3.44. The molecule has 0 atom stereocenters. The Labute approximate surface area is 147 Å². The molecule has 1 aromatic heterocycles. The SMILES string of the molecule is Cn1cc(Br)cc1C(=O)NCCc1cc(Cl)c2c(c1)OCCO2. The van der Waals surface area contributed by atoms with E-state index < -0.39 is 0 Å². The van der Waals surface area contributed by atoms with Crippen LogP contribution in [0.15, 0.2) is 28.9 Å². The first kappa shape index (κ1) is 16.2. The van der Waals surface area contributed by atoms with Gasteiger partial charge in [-0.05, 0) is 46.1 Å². The van der Waals surface area contributed by atoms with Crippen molar-refractivity contribution in [2.24, 2.45) is 7.05 Å². The lowest BCUT2D eigenvalue weighted by Crippen LogP contribution is -2.27. The van der Waals surface area contributed by atoms with Crippen LogP contribution < -0.4 is 14.8 Å². The fraction of sp³-hybridized carbons (Fsp3) is 0.312. The van der Waals surface area contributed by atoms with Crippen LogP contribution in [0, 0.1) is 0 Å². The van der Waals surface area contributed by atoms with Crippen LogP contribution in [0.1, 0.15) is 16.1 Å². The molecule has 0 bridgehead atoms. The summed E-state index contributed by atoms with van der Waals surface area (Å²) in [6, 6.07) is 5.54. The molecule has 2 heterocycles. The van der Waals surface area contributed by atoms with Crippen molar-refractivity contribution in [1.29, 1.82) is 0 Å². The summed E-state index contributed by atoms with van der Waals surface area (Å²) in [6.07, 6.45) is 2.50. The monoisotopic (exact) mass is 398 g/mol. The van der Waals surface area contributed by atoms with Gasteiger partial charge in [-0.2, -0.15) is 0 Å². The molecule has 23 heavy (non-hydrogen) atoms. The number of benzene rings is 1. The van der Waals surface area contributed by atoms with E-state index in [9.17, 15) is 4.79 Å². The molecule has 0 saturated carbocycles. The van der Waals surface area contributed by atoms with Gasteiger partial charge in [-0.1, -0.05) is 11.6 Å². The Kier molecular flexibility index (Phi) is 4.82. The Morgan fingerprint density at radius 2 is 2.13 bits per heavy atom. The molecule has 0 aliphatic carbocycles. The highest BCUT2D eigenvalue weighted by Crippen LogP contribution is 2.38. The maximum atomic E-state index is 12.1. The number of fused-ring (bicyclic) bond motifs is 1. The predicted molar refractivity (Wildman–Crippen MR) is 91.6 cm³/mol. The smallest absolute Gasteiger partial charge is 0.267 e. The molecule has 5 nitrogen and oxygen atoms in total. The summed E-state index contributed by atoms with van der Waals surface area (Å²) in [5.74, 6) is 1.15. The normalized spacial score (nSPS) is 13.0. The largest absolute Gasteiger partial charge is 0.486 e. The van der Waals surface area contributed by atoms with Crippen molar-refractivity contribution in [2.45, 2.75) is 6.42 Å². The molecule has 1 aliphatic rings. The summed E-state index contributed by atoms with van der Waals surface area (Å²) in [5.41, 5.74) is 1.60. The zero-order valence-corrected chi connectivity index (χ0v) is 14.9. The lowest BCUT2D eigenvalue weighted by molar-refractivity contribution is 0.0946. The zero-order valence-electron chi connectivity index (χ0n) is 12.6. The van der Waals surface area contributed by atoms with E-state index in [4.69, 9.17) is 21.1 Å². The molecule has 0 unspecified atom stereocenters. The van der Waals surface area contributed by atoms with Gasteiger partial charge < -0.3 is 19.4 Å². The number of rotatable bonds is 4. The number of carbonyl (C=O) groups is 1. The number of ether oxygens (including phenoxy) is 2. The molecular weight excluding hydrogens is 384 g/mol. The summed E-state index contributed by atoms with van der Waals surface area (Å²) in [7, 11) is 1.83. The van der Waals surface area contributed by atoms with E-state index in [1.54, 1.807) is 10.6 Å². The number of hydrogen-bond donors (Lipinski definition) is 1. The average Bonchev–Trinajstić information content (AvgIpc) is 2.86. The summed E-state index contributed by atoms with van der Waals surface area (Å²) < 4.78 is 13.7. The topological polar surface area (TPSA) is 52.5 Å². The minimum Gasteiger partial charge on any atom is -0.486 e. The lowest BCUT2D eigenvalue weighted by atomic mass is 10.1. The van der Waals surface area contributed by atoms with Crippen molar-refractivity contribution in [3.63, 3.8) is 0 Å². The third kappa shape index (κ3) is 3.64. The molecule has 0 fully saturated rings. The fourth-order valence-electron chi connectivity index (χ4n) is 2.47. The van der Waals surface area contributed by atoms with E-state index in [-0.39, 0.29) is 5.91 Å². The molecule has 0 spiro atoms. The van der Waals surface area contributed by atoms with Crippen LogP contribution in [0.5, 0.6) is 11.5 Å². The van der Waals surface area contributed by atoms with Crippen LogP contribution in [0.3, 0.4) is 0 Å². The van der Waals surface area contributed by atoms with Crippen LogP contribution in [-0.4, -0.2) is 30.2 Å². The van der Waals surface area contributed by atoms with E-state index >= 15 is 0 Å². The second-order valence-corrected chi connectivity index (χ2v) is 6.59. The molecule has 0 radical (unpaired) electrons. The summed E-state index contributed by atoms with van der Waals surface area (Å²) >= 11 is 9.57. The minimum absolute atomic E-state index is 0.109. The van der Waals surface area contributed by atoms with E-state index in [0.717, 1.165) is 10.0 Å². The third-order valence-corrected chi connectivity index (χ3v) is 4.27. The molecule has 2 aromatic rings. The van der Waals surface area contributed by atoms with Gasteiger partial charge in [0.2, 0.25) is 0 Å². The number of nitrogens with one attached hydrogen (secondary N) is 1. The van der Waals surface area contributed by atoms with E-state index in [1.807, 2.05) is 25.4 Å². The number of hydrogen-bond acceptors (Lipinski definition) is 3. The Morgan fingerprint density at radius 1 is 1.35 bits per heavy atom. The highest BCUT2D eigenvalue weighted by Gasteiger charge is 2.17. The highest BCUT2D eigenvalue weighted by molar-refractivity contribution is 9.10. The number of aromatic nitrogens is 1. The first-order valence-corrected chi connectivity index (χ1v) is 8.40. The van der Waals surface area contributed by atoms with Crippen molar-refractivity contribution >= 4 is 33.4 Å². The number of nitrogens with zero attached hydrogens (tertiary/aromatic N) is 1. The quantitative estimate of drug-likeness (QED) is 0.859. The first-order chi connectivity index (χ1) is 11.0. The second-order valence-electron chi connectivity index (χ2n) is 5.26. The Bertz CT molecular complexity index is 745. The van der Waals surface area contributed by atoms with Crippen LogP contribution >= 0.6 is 27.5 Å². The first-order valence-electron chi connectivity index (χ1n) is 7.22. The molecule has 1 aliphatic heterocycles. The molecule has 0 saturated heterocycles. The Hall–Kier alpha value is -1.66. The molecule has 7 heteroatoms. The van der Waals surface area contributed by atoms with Crippen molar-refractivity contribution < 1.29 is 14.3 Å². The number of aryl methyl sites for hydroxylation is 1. The molecule has 1 aromatic carbocycles. The van der Waals surface area contributed by atoms with E-state index in [0.29, 0.717) is 48.4 Å². The van der Waals surface area contributed by atoms with Crippen molar-refractivity contribution in [1.82, 2.24) is 9.88 Å². The lowest BCUT2D eigenvalue weighted by Gasteiger charge is -2.20. The van der Waals surface area contributed by atoms with Gasteiger partial charge in [0.05, 0.1) is 5.02 Å². The standard InChI is InChI=1S/C16H16BrClN2O3/c1-20-9-11(17)8-13(20)16(21)19-3-2-10-6-12(18)15-14(7-10)22-4-5-23-15/h6-9H,2-5H2,1H3,(H,19,21). The van der Waals surface area contributed by atoms with Gasteiger partial charge in [0, 0.05) is 24.3 Å². The second kappa shape index (κ2) is 6.84. The van der Waals surface area contributed by atoms with E-state index in [1.165, 1.54) is 0 Å². The van der Waals surface area contributed by atoms with Gasteiger partial charge in [0.1, 0.15) is 18.9 Å². The number of carbonyl (C=O) groups excluding carboxylic acids is 1. The minimum atomic E-state index is -0.109. The van der Waals surface area contributed by atoms with Gasteiger partial charge in [-0.3, -0.25) is 4.79 Å². The zero-order chi connectivity index (χ0) is 16.4. The molecular formula is C16H16BrClN2O3. The van der Waals surface area contributed by atoms with Crippen molar-refractivity contribution in [2.75, 3.05) is 19.8 Å². The van der Waals surface area contributed by atoms with Gasteiger partial charge in [0.25, 0.3) is 5.91 Å². The van der Waals surface area contributed by atoms with Gasteiger partial charge >= 0.3 is 0 Å². The molecule has 122 valence electrons. The average molecular weight is 400 g/mol. The van der Waals surface area contributed by atoms with Crippen LogP contribution in [0.25, 0.3) is 0 Å². The summed E-state index contributed by atoms with van der Waals surface area (Å²) in [6.45, 7) is 1.54. The van der Waals surface area contributed by atoms with E-state index in [2.05, 4.69) is 21.2 Å².